The van der Waals surface area contributed by atoms with Gasteiger partial charge in [-0.1, -0.05) is 0 Å². The van der Waals surface area contributed by atoms with E-state index in [2.05, 4.69) is 9.88 Å². The molecule has 0 bridgehead atoms. The van der Waals surface area contributed by atoms with Gasteiger partial charge in [-0.2, -0.15) is 0 Å². The molecule has 0 aliphatic carbocycles. The molecule has 7 heteroatoms. The highest BCUT2D eigenvalue weighted by atomic mass is 16.6. The molecule has 2 aliphatic heterocycles. The van der Waals surface area contributed by atoms with E-state index < -0.39 is 5.60 Å². The van der Waals surface area contributed by atoms with Crippen molar-refractivity contribution >= 4 is 17.9 Å². The van der Waals surface area contributed by atoms with Gasteiger partial charge in [-0.15, -0.1) is 0 Å². The van der Waals surface area contributed by atoms with E-state index in [0.29, 0.717) is 12.2 Å². The molecule has 2 saturated heterocycles. The van der Waals surface area contributed by atoms with E-state index in [1.807, 2.05) is 26.8 Å². The number of ether oxygens (including phenoxy) is 2. The normalized spacial score (nSPS) is 18.4. The Kier molecular flexibility index (Phi) is 4.34. The van der Waals surface area contributed by atoms with Gasteiger partial charge in [0.1, 0.15) is 11.4 Å². The van der Waals surface area contributed by atoms with Crippen LogP contribution in [0.25, 0.3) is 0 Å². The molecule has 1 spiro atoms. The van der Waals surface area contributed by atoms with Gasteiger partial charge in [-0.05, 0) is 39.8 Å². The first kappa shape index (κ1) is 17.5. The van der Waals surface area contributed by atoms with Crippen LogP contribution >= 0.6 is 0 Å². The van der Waals surface area contributed by atoms with Crippen molar-refractivity contribution in [2.75, 3.05) is 37.7 Å². The van der Waals surface area contributed by atoms with Gasteiger partial charge in [0.25, 0.3) is 0 Å². The standard InChI is InChI=1S/C18H25N3O4/c1-5-24-15(22)13-6-7-14(19-8-13)20-9-18(10-20)11-21(12-18)16(23)25-17(2,3)4/h6-8H,5,9-12H2,1-4H3. The van der Waals surface area contributed by atoms with Gasteiger partial charge in [0.05, 0.1) is 12.2 Å². The Morgan fingerprint density at radius 3 is 2.40 bits per heavy atom. The van der Waals surface area contributed by atoms with E-state index in [4.69, 9.17) is 9.47 Å². The lowest BCUT2D eigenvalue weighted by atomic mass is 9.73. The molecule has 1 aromatic rings. The summed E-state index contributed by atoms with van der Waals surface area (Å²) >= 11 is 0. The maximum atomic E-state index is 12.0. The molecular formula is C18H25N3O4. The first-order valence-corrected chi connectivity index (χ1v) is 8.57. The van der Waals surface area contributed by atoms with Crippen LogP contribution in [0, 0.1) is 5.41 Å². The molecule has 0 radical (unpaired) electrons. The second-order valence-electron chi connectivity index (χ2n) is 7.82. The van der Waals surface area contributed by atoms with Crippen LogP contribution in [0.1, 0.15) is 38.1 Å². The molecule has 1 aromatic heterocycles. The highest BCUT2D eigenvalue weighted by Gasteiger charge is 2.54. The van der Waals surface area contributed by atoms with E-state index >= 15 is 0 Å². The van der Waals surface area contributed by atoms with Gasteiger partial charge in [-0.3, -0.25) is 0 Å². The van der Waals surface area contributed by atoms with Crippen molar-refractivity contribution in [2.45, 2.75) is 33.3 Å². The molecule has 3 heterocycles. The topological polar surface area (TPSA) is 72.0 Å². The molecule has 0 saturated carbocycles. The van der Waals surface area contributed by atoms with E-state index in [1.165, 1.54) is 0 Å². The van der Waals surface area contributed by atoms with Crippen molar-refractivity contribution in [1.82, 2.24) is 9.88 Å². The third-order valence-corrected chi connectivity index (χ3v) is 4.34. The number of amides is 1. The summed E-state index contributed by atoms with van der Waals surface area (Å²) in [7, 11) is 0. The highest BCUT2D eigenvalue weighted by Crippen LogP contribution is 2.41. The van der Waals surface area contributed by atoms with Gasteiger partial charge in [0.15, 0.2) is 0 Å². The van der Waals surface area contributed by atoms with E-state index in [-0.39, 0.29) is 17.5 Å². The average molecular weight is 347 g/mol. The molecule has 25 heavy (non-hydrogen) atoms. The third-order valence-electron chi connectivity index (χ3n) is 4.34. The first-order chi connectivity index (χ1) is 11.7. The summed E-state index contributed by atoms with van der Waals surface area (Å²) in [5, 5.41) is 0. The minimum Gasteiger partial charge on any atom is -0.462 e. The fourth-order valence-electron chi connectivity index (χ4n) is 3.25. The molecule has 0 unspecified atom stereocenters. The maximum absolute atomic E-state index is 12.0. The number of rotatable bonds is 3. The zero-order chi connectivity index (χ0) is 18.2. The fraction of sp³-hybridized carbons (Fsp3) is 0.611. The number of carbonyl (C=O) groups is 2. The summed E-state index contributed by atoms with van der Waals surface area (Å²) in [5.74, 6) is 0.489. The summed E-state index contributed by atoms with van der Waals surface area (Å²) in [6, 6.07) is 3.57. The molecule has 1 amide bonds. The number of hydrogen-bond donors (Lipinski definition) is 0. The number of anilines is 1. The second kappa shape index (κ2) is 6.20. The van der Waals surface area contributed by atoms with Crippen LogP contribution in [0.5, 0.6) is 0 Å². The first-order valence-electron chi connectivity index (χ1n) is 8.57. The Balaban J connectivity index is 1.49. The van der Waals surface area contributed by atoms with Crippen LogP contribution in [0.2, 0.25) is 0 Å². The number of aromatic nitrogens is 1. The van der Waals surface area contributed by atoms with Crippen molar-refractivity contribution in [3.63, 3.8) is 0 Å². The smallest absolute Gasteiger partial charge is 0.410 e. The minimum atomic E-state index is -0.462. The fourth-order valence-corrected chi connectivity index (χ4v) is 3.25. The number of esters is 1. The van der Waals surface area contributed by atoms with Gasteiger partial charge in [-0.25, -0.2) is 14.6 Å². The number of nitrogens with zero attached hydrogens (tertiary/aromatic N) is 3. The SMILES string of the molecule is CCOC(=O)c1ccc(N2CC3(CN(C(=O)OC(C)(C)C)C3)C2)nc1. The molecule has 136 valence electrons. The Labute approximate surface area is 147 Å². The second-order valence-corrected chi connectivity index (χ2v) is 7.82. The van der Waals surface area contributed by atoms with Crippen molar-refractivity contribution in [3.8, 4) is 0 Å². The van der Waals surface area contributed by atoms with Crippen molar-refractivity contribution < 1.29 is 19.1 Å². The number of carbonyl (C=O) groups excluding carboxylic acids is 2. The number of hydrogen-bond acceptors (Lipinski definition) is 6. The lowest BCUT2D eigenvalue weighted by Gasteiger charge is -2.60. The van der Waals surface area contributed by atoms with Gasteiger partial charge >= 0.3 is 12.1 Å². The summed E-state index contributed by atoms with van der Waals surface area (Å²) in [5.41, 5.74) is 0.148. The maximum Gasteiger partial charge on any atom is 0.410 e. The lowest BCUT2D eigenvalue weighted by Crippen LogP contribution is -2.73. The molecule has 0 atom stereocenters. The summed E-state index contributed by atoms with van der Waals surface area (Å²) in [4.78, 5) is 31.9. The molecule has 0 N–H and O–H groups in total. The summed E-state index contributed by atoms with van der Waals surface area (Å²) < 4.78 is 10.3. The van der Waals surface area contributed by atoms with E-state index in [9.17, 15) is 9.59 Å². The molecule has 7 nitrogen and oxygen atoms in total. The summed E-state index contributed by atoms with van der Waals surface area (Å²) in [6.45, 7) is 10.9. The Hall–Kier alpha value is -2.31. The van der Waals surface area contributed by atoms with Crippen LogP contribution in [-0.4, -0.2) is 60.3 Å². The molecule has 0 aromatic carbocycles. The van der Waals surface area contributed by atoms with Crippen LogP contribution in [0.3, 0.4) is 0 Å². The summed E-state index contributed by atoms with van der Waals surface area (Å²) in [6.07, 6.45) is 1.31. The Morgan fingerprint density at radius 1 is 1.20 bits per heavy atom. The Bertz CT molecular complexity index is 652. The minimum absolute atomic E-state index is 0.151. The zero-order valence-electron chi connectivity index (χ0n) is 15.2. The van der Waals surface area contributed by atoms with Crippen LogP contribution in [-0.2, 0) is 9.47 Å². The largest absolute Gasteiger partial charge is 0.462 e. The van der Waals surface area contributed by atoms with Crippen molar-refractivity contribution in [3.05, 3.63) is 23.9 Å². The monoisotopic (exact) mass is 347 g/mol. The van der Waals surface area contributed by atoms with Gasteiger partial charge in [0.2, 0.25) is 0 Å². The van der Waals surface area contributed by atoms with Crippen molar-refractivity contribution in [2.24, 2.45) is 5.41 Å². The quantitative estimate of drug-likeness (QED) is 0.782. The Morgan fingerprint density at radius 2 is 1.88 bits per heavy atom. The van der Waals surface area contributed by atoms with Gasteiger partial charge < -0.3 is 19.3 Å². The molecule has 2 aliphatic rings. The van der Waals surface area contributed by atoms with Crippen LogP contribution in [0.4, 0.5) is 10.6 Å². The average Bonchev–Trinajstić information content (AvgIpc) is 2.43. The van der Waals surface area contributed by atoms with Crippen LogP contribution < -0.4 is 4.90 Å². The highest BCUT2D eigenvalue weighted by molar-refractivity contribution is 5.89. The van der Waals surface area contributed by atoms with Crippen LogP contribution in [0.15, 0.2) is 18.3 Å². The lowest BCUT2D eigenvalue weighted by molar-refractivity contribution is -0.0454. The molecule has 3 rings (SSSR count). The van der Waals surface area contributed by atoms with E-state index in [0.717, 1.165) is 32.0 Å². The third kappa shape index (κ3) is 3.70. The molecule has 2 fully saturated rings. The predicted octanol–water partition coefficient (Wildman–Crippen LogP) is 2.32. The number of likely N-dealkylation sites (tertiary alicyclic amines) is 1. The number of pyridine rings is 1. The predicted molar refractivity (Wildman–Crippen MR) is 92.6 cm³/mol. The molecular weight excluding hydrogens is 322 g/mol. The van der Waals surface area contributed by atoms with Crippen molar-refractivity contribution in [1.29, 1.82) is 0 Å². The van der Waals surface area contributed by atoms with E-state index in [1.54, 1.807) is 24.1 Å². The zero-order valence-corrected chi connectivity index (χ0v) is 15.2. The van der Waals surface area contributed by atoms with Gasteiger partial charge in [0, 0.05) is 37.8 Å².